The van der Waals surface area contributed by atoms with E-state index in [4.69, 9.17) is 5.73 Å². The lowest BCUT2D eigenvalue weighted by Crippen LogP contribution is -2.40. The van der Waals surface area contributed by atoms with Gasteiger partial charge in [0.25, 0.3) is 5.91 Å². The fraction of sp³-hybridized carbons (Fsp3) is 0.308. The van der Waals surface area contributed by atoms with Gasteiger partial charge in [-0.05, 0) is 12.5 Å². The van der Waals surface area contributed by atoms with Crippen molar-refractivity contribution in [2.24, 2.45) is 0 Å². The zero-order valence-corrected chi connectivity index (χ0v) is 11.7. The first kappa shape index (κ1) is 12.9. The molecular formula is C13H14N4O2S. The third-order valence-electron chi connectivity index (χ3n) is 3.47. The monoisotopic (exact) mass is 290 g/mol. The Balaban J connectivity index is 1.86. The maximum atomic E-state index is 12.3. The molecule has 2 aromatic heterocycles. The average molecular weight is 290 g/mol. The third kappa shape index (κ3) is 2.00. The summed E-state index contributed by atoms with van der Waals surface area (Å²) in [6.45, 7) is 0.662. The molecule has 0 spiro atoms. The molecule has 3 rings (SSSR count). The van der Waals surface area contributed by atoms with Crippen molar-refractivity contribution >= 4 is 38.9 Å². The minimum Gasteiger partial charge on any atom is -0.397 e. The number of pyridine rings is 1. The number of likely N-dealkylation sites (tertiary alicyclic amines) is 1. The summed E-state index contributed by atoms with van der Waals surface area (Å²) < 4.78 is 0.866. The van der Waals surface area contributed by atoms with Crippen LogP contribution in [0.4, 0.5) is 5.69 Å². The summed E-state index contributed by atoms with van der Waals surface area (Å²) >= 11 is 1.29. The lowest BCUT2D eigenvalue weighted by molar-refractivity contribution is -0.128. The van der Waals surface area contributed by atoms with Gasteiger partial charge in [-0.15, -0.1) is 11.3 Å². The molecule has 3 N–H and O–H groups in total. The number of anilines is 1. The second-order valence-electron chi connectivity index (χ2n) is 4.79. The number of fused-ring (bicyclic) bond motifs is 1. The molecule has 0 bridgehead atoms. The Morgan fingerprint density at radius 2 is 2.40 bits per heavy atom. The molecule has 0 aliphatic carbocycles. The van der Waals surface area contributed by atoms with Gasteiger partial charge in [0, 0.05) is 31.4 Å². The highest BCUT2D eigenvalue weighted by molar-refractivity contribution is 7.21. The number of nitrogen functional groups attached to an aromatic ring is 1. The largest absolute Gasteiger partial charge is 0.397 e. The van der Waals surface area contributed by atoms with Crippen molar-refractivity contribution in [1.82, 2.24) is 15.2 Å². The van der Waals surface area contributed by atoms with E-state index in [-0.39, 0.29) is 11.8 Å². The summed E-state index contributed by atoms with van der Waals surface area (Å²) in [5.41, 5.74) is 6.45. The predicted octanol–water partition coefficient (Wildman–Crippen LogP) is 0.839. The Labute approximate surface area is 119 Å². The SMILES string of the molecule is CN1CCC(NC(=O)c2sc3cnccc3c2N)C1=O. The molecule has 0 radical (unpaired) electrons. The van der Waals surface area contributed by atoms with Crippen LogP contribution in [0.15, 0.2) is 18.5 Å². The lowest BCUT2D eigenvalue weighted by Gasteiger charge is -2.11. The van der Waals surface area contributed by atoms with Gasteiger partial charge in [-0.3, -0.25) is 14.6 Å². The molecule has 3 heterocycles. The number of rotatable bonds is 2. The van der Waals surface area contributed by atoms with Gasteiger partial charge in [0.15, 0.2) is 0 Å². The number of amides is 2. The van der Waals surface area contributed by atoms with Gasteiger partial charge in [-0.25, -0.2) is 0 Å². The summed E-state index contributed by atoms with van der Waals surface area (Å²) in [6, 6.07) is 1.34. The predicted molar refractivity (Wildman–Crippen MR) is 77.5 cm³/mol. The number of hydrogen-bond acceptors (Lipinski definition) is 5. The molecule has 1 saturated heterocycles. The lowest BCUT2D eigenvalue weighted by atomic mass is 10.2. The molecule has 1 atom stereocenters. The van der Waals surface area contributed by atoms with Gasteiger partial charge >= 0.3 is 0 Å². The number of carbonyl (C=O) groups is 2. The van der Waals surface area contributed by atoms with Gasteiger partial charge < -0.3 is 16.0 Å². The first-order valence-electron chi connectivity index (χ1n) is 6.25. The fourth-order valence-corrected chi connectivity index (χ4v) is 3.31. The molecule has 1 fully saturated rings. The van der Waals surface area contributed by atoms with Gasteiger partial charge in [0.2, 0.25) is 5.91 Å². The standard InChI is InChI=1S/C13H14N4O2S/c1-17-5-3-8(13(17)19)16-12(18)11-10(14)7-2-4-15-6-9(7)20-11/h2,4,6,8H,3,5,14H2,1H3,(H,16,18). The van der Waals surface area contributed by atoms with Crippen molar-refractivity contribution < 1.29 is 9.59 Å². The van der Waals surface area contributed by atoms with Crippen LogP contribution in [-0.4, -0.2) is 41.3 Å². The van der Waals surface area contributed by atoms with E-state index in [1.54, 1.807) is 30.4 Å². The number of thiophene rings is 1. The Morgan fingerprint density at radius 1 is 1.60 bits per heavy atom. The summed E-state index contributed by atoms with van der Waals surface area (Å²) in [5, 5.41) is 3.58. The average Bonchev–Trinajstić information content (AvgIpc) is 2.94. The quantitative estimate of drug-likeness (QED) is 0.858. The summed E-state index contributed by atoms with van der Waals surface area (Å²) in [5.74, 6) is -0.350. The van der Waals surface area contributed by atoms with Gasteiger partial charge in [0.05, 0.1) is 10.4 Å². The van der Waals surface area contributed by atoms with E-state index < -0.39 is 6.04 Å². The van der Waals surface area contributed by atoms with Crippen molar-refractivity contribution in [3.63, 3.8) is 0 Å². The first-order valence-corrected chi connectivity index (χ1v) is 7.07. The maximum absolute atomic E-state index is 12.3. The Kier molecular flexibility index (Phi) is 3.06. The van der Waals surface area contributed by atoms with Crippen molar-refractivity contribution in [3.8, 4) is 0 Å². The Morgan fingerprint density at radius 3 is 3.05 bits per heavy atom. The molecule has 1 aliphatic heterocycles. The molecule has 20 heavy (non-hydrogen) atoms. The highest BCUT2D eigenvalue weighted by Gasteiger charge is 2.31. The Hall–Kier alpha value is -2.15. The van der Waals surface area contributed by atoms with Gasteiger partial charge in [0.1, 0.15) is 10.9 Å². The van der Waals surface area contributed by atoms with E-state index in [9.17, 15) is 9.59 Å². The van der Waals surface area contributed by atoms with Crippen LogP contribution < -0.4 is 11.1 Å². The number of hydrogen-bond donors (Lipinski definition) is 2. The van der Waals surface area contributed by atoms with E-state index >= 15 is 0 Å². The van der Waals surface area contributed by atoms with E-state index in [0.717, 1.165) is 10.1 Å². The number of likely N-dealkylation sites (N-methyl/N-ethyl adjacent to an activating group) is 1. The van der Waals surface area contributed by atoms with E-state index in [0.29, 0.717) is 23.5 Å². The molecule has 1 unspecified atom stereocenters. The molecule has 7 heteroatoms. The number of carbonyl (C=O) groups excluding carboxylic acids is 2. The first-order chi connectivity index (χ1) is 9.58. The molecule has 0 aromatic carbocycles. The third-order valence-corrected chi connectivity index (χ3v) is 4.63. The van der Waals surface area contributed by atoms with E-state index in [2.05, 4.69) is 10.3 Å². The Bertz CT molecular complexity index is 697. The molecule has 0 saturated carbocycles. The van der Waals surface area contributed by atoms with Crippen LogP contribution in [0.5, 0.6) is 0 Å². The smallest absolute Gasteiger partial charge is 0.264 e. The molecule has 6 nitrogen and oxygen atoms in total. The summed E-state index contributed by atoms with van der Waals surface area (Å²) in [7, 11) is 1.73. The molecule has 104 valence electrons. The highest BCUT2D eigenvalue weighted by atomic mass is 32.1. The van der Waals surface area contributed by atoms with Crippen LogP contribution in [0.25, 0.3) is 10.1 Å². The van der Waals surface area contributed by atoms with Crippen LogP contribution in [0.1, 0.15) is 16.1 Å². The van der Waals surface area contributed by atoms with Crippen LogP contribution >= 0.6 is 11.3 Å². The molecule has 2 amide bonds. The van der Waals surface area contributed by atoms with Crippen LogP contribution in [0.2, 0.25) is 0 Å². The fourth-order valence-electron chi connectivity index (χ4n) is 2.32. The zero-order valence-electron chi connectivity index (χ0n) is 10.9. The van der Waals surface area contributed by atoms with Gasteiger partial charge in [-0.2, -0.15) is 0 Å². The normalized spacial score (nSPS) is 18.8. The number of nitrogens with two attached hydrogens (primary N) is 1. The number of nitrogens with zero attached hydrogens (tertiary/aromatic N) is 2. The number of aromatic nitrogens is 1. The minimum atomic E-state index is -0.449. The van der Waals surface area contributed by atoms with E-state index in [1.165, 1.54) is 11.3 Å². The van der Waals surface area contributed by atoms with Crippen molar-refractivity contribution in [1.29, 1.82) is 0 Å². The second-order valence-corrected chi connectivity index (χ2v) is 5.84. The minimum absolute atomic E-state index is 0.0558. The van der Waals surface area contributed by atoms with Crippen LogP contribution in [0, 0.1) is 0 Å². The second kappa shape index (κ2) is 4.75. The topological polar surface area (TPSA) is 88.3 Å². The van der Waals surface area contributed by atoms with E-state index in [1.807, 2.05) is 0 Å². The highest BCUT2D eigenvalue weighted by Crippen LogP contribution is 2.32. The molecule has 1 aliphatic rings. The summed E-state index contributed by atoms with van der Waals surface area (Å²) in [6.07, 6.45) is 3.96. The van der Waals surface area contributed by atoms with Crippen molar-refractivity contribution in [3.05, 3.63) is 23.3 Å². The van der Waals surface area contributed by atoms with Crippen LogP contribution in [0.3, 0.4) is 0 Å². The molecule has 2 aromatic rings. The molecular weight excluding hydrogens is 276 g/mol. The zero-order chi connectivity index (χ0) is 14.3. The maximum Gasteiger partial charge on any atom is 0.264 e. The van der Waals surface area contributed by atoms with Crippen molar-refractivity contribution in [2.45, 2.75) is 12.5 Å². The van der Waals surface area contributed by atoms with Gasteiger partial charge in [-0.1, -0.05) is 0 Å². The summed E-state index contributed by atoms with van der Waals surface area (Å²) in [4.78, 5) is 30.1. The van der Waals surface area contributed by atoms with Crippen molar-refractivity contribution in [2.75, 3.05) is 19.3 Å². The van der Waals surface area contributed by atoms with Crippen LogP contribution in [-0.2, 0) is 4.79 Å². The number of nitrogens with one attached hydrogen (secondary N) is 1.